The third kappa shape index (κ3) is 7.41. The first-order chi connectivity index (χ1) is 12.0. The van der Waals surface area contributed by atoms with Crippen LogP contribution in [0.3, 0.4) is 0 Å². The quantitative estimate of drug-likeness (QED) is 0.487. The van der Waals surface area contributed by atoms with Crippen molar-refractivity contribution in [1.82, 2.24) is 5.32 Å². The lowest BCUT2D eigenvalue weighted by Crippen LogP contribution is -2.36. The Labute approximate surface area is 159 Å². The van der Waals surface area contributed by atoms with Gasteiger partial charge in [0.05, 0.1) is 6.04 Å². The minimum atomic E-state index is -0.0176. The van der Waals surface area contributed by atoms with E-state index in [0.29, 0.717) is 13.0 Å². The Bertz CT molecular complexity index is 676. The van der Waals surface area contributed by atoms with E-state index in [2.05, 4.69) is 5.32 Å². The van der Waals surface area contributed by atoms with Gasteiger partial charge >= 0.3 is 0 Å². The maximum atomic E-state index is 12.0. The van der Waals surface area contributed by atoms with Crippen LogP contribution in [0.1, 0.15) is 25.3 Å². The van der Waals surface area contributed by atoms with E-state index in [4.69, 9.17) is 16.3 Å². The zero-order valence-corrected chi connectivity index (χ0v) is 16.2. The van der Waals surface area contributed by atoms with Gasteiger partial charge < -0.3 is 10.1 Å². The summed E-state index contributed by atoms with van der Waals surface area (Å²) in [6, 6.07) is 15.6. The Kier molecular flexibility index (Phi) is 8.16. The van der Waals surface area contributed by atoms with Crippen LogP contribution in [0, 0.1) is 6.92 Å². The summed E-state index contributed by atoms with van der Waals surface area (Å²) in [5.41, 5.74) is 1.10. The molecule has 0 saturated carbocycles. The topological polar surface area (TPSA) is 38.3 Å². The molecule has 3 nitrogen and oxygen atoms in total. The fourth-order valence-electron chi connectivity index (χ4n) is 2.28. The predicted octanol–water partition coefficient (Wildman–Crippen LogP) is 5.10. The number of carbonyl (C=O) groups is 1. The molecule has 1 N–H and O–H groups in total. The van der Waals surface area contributed by atoms with E-state index in [1.165, 1.54) is 4.90 Å². The van der Waals surface area contributed by atoms with E-state index < -0.39 is 0 Å². The Morgan fingerprint density at radius 2 is 1.92 bits per heavy atom. The molecule has 0 saturated heterocycles. The number of hydrogen-bond acceptors (Lipinski definition) is 3. The largest absolute Gasteiger partial charge is 0.491 e. The monoisotopic (exact) mass is 377 g/mol. The van der Waals surface area contributed by atoms with Crippen molar-refractivity contribution in [3.8, 4) is 5.75 Å². The molecule has 2 aromatic rings. The number of benzene rings is 2. The van der Waals surface area contributed by atoms with E-state index in [9.17, 15) is 4.79 Å². The molecule has 0 spiro atoms. The van der Waals surface area contributed by atoms with Crippen LogP contribution in [0.15, 0.2) is 53.4 Å². The average molecular weight is 378 g/mol. The fourth-order valence-corrected chi connectivity index (χ4v) is 3.25. The molecular weight excluding hydrogens is 354 g/mol. The summed E-state index contributed by atoms with van der Waals surface area (Å²) in [6.45, 7) is 4.44. The molecule has 2 aromatic carbocycles. The number of nitrogens with one attached hydrogen (secondary N) is 1. The zero-order valence-electron chi connectivity index (χ0n) is 14.6. The standard InChI is InChI=1S/C20H24ClNO2S/c1-15-6-3-4-7-19(15)24-14-16(2)22-20(23)8-5-13-25-18-11-9-17(21)10-12-18/h3-4,6-7,9-12,16H,5,8,13-14H2,1-2H3,(H,22,23)/t16-/m0/s1. The first-order valence-electron chi connectivity index (χ1n) is 8.41. The summed E-state index contributed by atoms with van der Waals surface area (Å²) in [7, 11) is 0. The van der Waals surface area contributed by atoms with E-state index in [0.717, 1.165) is 28.5 Å². The molecule has 0 heterocycles. The van der Waals surface area contributed by atoms with Crippen molar-refractivity contribution in [2.24, 2.45) is 0 Å². The number of aryl methyl sites for hydroxylation is 1. The number of rotatable bonds is 9. The molecule has 1 atom stereocenters. The number of carbonyl (C=O) groups excluding carboxylic acids is 1. The smallest absolute Gasteiger partial charge is 0.220 e. The zero-order chi connectivity index (χ0) is 18.1. The van der Waals surface area contributed by atoms with Gasteiger partial charge in [0.25, 0.3) is 0 Å². The summed E-state index contributed by atoms with van der Waals surface area (Å²) >= 11 is 7.60. The molecule has 0 unspecified atom stereocenters. The molecule has 0 radical (unpaired) electrons. The Hall–Kier alpha value is -1.65. The molecule has 0 aliphatic rings. The van der Waals surface area contributed by atoms with E-state index in [-0.39, 0.29) is 11.9 Å². The van der Waals surface area contributed by atoms with Gasteiger partial charge in [0.2, 0.25) is 5.91 Å². The molecule has 5 heteroatoms. The van der Waals surface area contributed by atoms with Crippen LogP contribution >= 0.6 is 23.4 Å². The van der Waals surface area contributed by atoms with Crippen LogP contribution < -0.4 is 10.1 Å². The van der Waals surface area contributed by atoms with Crippen molar-refractivity contribution in [1.29, 1.82) is 0 Å². The van der Waals surface area contributed by atoms with Gasteiger partial charge in [-0.2, -0.15) is 0 Å². The molecule has 2 rings (SSSR count). The maximum absolute atomic E-state index is 12.0. The Morgan fingerprint density at radius 3 is 2.64 bits per heavy atom. The summed E-state index contributed by atoms with van der Waals surface area (Å²) in [6.07, 6.45) is 1.36. The highest BCUT2D eigenvalue weighted by molar-refractivity contribution is 7.99. The van der Waals surface area contributed by atoms with Crippen molar-refractivity contribution in [3.05, 3.63) is 59.1 Å². The van der Waals surface area contributed by atoms with Gasteiger partial charge in [0.15, 0.2) is 0 Å². The number of hydrogen-bond donors (Lipinski definition) is 1. The van der Waals surface area contributed by atoms with Crippen molar-refractivity contribution in [3.63, 3.8) is 0 Å². The summed E-state index contributed by atoms with van der Waals surface area (Å²) in [5, 5.41) is 3.73. The van der Waals surface area contributed by atoms with Crippen LogP contribution in [-0.4, -0.2) is 24.3 Å². The molecule has 0 bridgehead atoms. The predicted molar refractivity (Wildman–Crippen MR) is 106 cm³/mol. The lowest BCUT2D eigenvalue weighted by molar-refractivity contribution is -0.121. The number of halogens is 1. The molecule has 0 aliphatic heterocycles. The van der Waals surface area contributed by atoms with E-state index in [1.54, 1.807) is 11.8 Å². The van der Waals surface area contributed by atoms with Crippen molar-refractivity contribution >= 4 is 29.3 Å². The van der Waals surface area contributed by atoms with Crippen LogP contribution in [0.5, 0.6) is 5.75 Å². The lowest BCUT2D eigenvalue weighted by atomic mass is 10.2. The minimum absolute atomic E-state index is 0.0176. The number of amides is 1. The minimum Gasteiger partial charge on any atom is -0.491 e. The SMILES string of the molecule is Cc1ccccc1OC[C@H](C)NC(=O)CCCSc1ccc(Cl)cc1. The number of thioether (sulfide) groups is 1. The van der Waals surface area contributed by atoms with Crippen molar-refractivity contribution in [2.75, 3.05) is 12.4 Å². The highest BCUT2D eigenvalue weighted by Crippen LogP contribution is 2.21. The second-order valence-electron chi connectivity index (χ2n) is 5.95. The summed E-state index contributed by atoms with van der Waals surface area (Å²) < 4.78 is 5.76. The van der Waals surface area contributed by atoms with Gasteiger partial charge in [-0.3, -0.25) is 4.79 Å². The van der Waals surface area contributed by atoms with Gasteiger partial charge in [-0.25, -0.2) is 0 Å². The molecule has 0 aromatic heterocycles. The summed E-state index contributed by atoms with van der Waals surface area (Å²) in [4.78, 5) is 13.2. The third-order valence-electron chi connectivity index (χ3n) is 3.62. The first kappa shape index (κ1) is 19.7. The van der Waals surface area contributed by atoms with Gasteiger partial charge in [-0.1, -0.05) is 29.8 Å². The molecule has 0 fully saturated rings. The van der Waals surface area contributed by atoms with Crippen molar-refractivity contribution < 1.29 is 9.53 Å². The summed E-state index contributed by atoms with van der Waals surface area (Å²) in [5.74, 6) is 1.84. The highest BCUT2D eigenvalue weighted by atomic mass is 35.5. The number of ether oxygens (including phenoxy) is 1. The van der Waals surface area contributed by atoms with Gasteiger partial charge in [0.1, 0.15) is 12.4 Å². The first-order valence-corrected chi connectivity index (χ1v) is 9.77. The molecule has 1 amide bonds. The molecule has 0 aliphatic carbocycles. The second-order valence-corrected chi connectivity index (χ2v) is 7.56. The van der Waals surface area contributed by atoms with Crippen LogP contribution in [0.4, 0.5) is 0 Å². The highest BCUT2D eigenvalue weighted by Gasteiger charge is 2.09. The molecule has 134 valence electrons. The lowest BCUT2D eigenvalue weighted by Gasteiger charge is -2.16. The van der Waals surface area contributed by atoms with E-state index >= 15 is 0 Å². The molecule has 25 heavy (non-hydrogen) atoms. The second kappa shape index (κ2) is 10.4. The number of para-hydroxylation sites is 1. The fraction of sp³-hybridized carbons (Fsp3) is 0.350. The Morgan fingerprint density at radius 1 is 1.20 bits per heavy atom. The average Bonchev–Trinajstić information content (AvgIpc) is 2.59. The maximum Gasteiger partial charge on any atom is 0.220 e. The van der Waals surface area contributed by atoms with Gasteiger partial charge in [-0.05, 0) is 61.9 Å². The van der Waals surface area contributed by atoms with E-state index in [1.807, 2.05) is 62.4 Å². The van der Waals surface area contributed by atoms with Crippen molar-refractivity contribution in [2.45, 2.75) is 37.6 Å². The molecular formula is C20H24ClNO2S. The van der Waals surface area contributed by atoms with Crippen LogP contribution in [-0.2, 0) is 4.79 Å². The Balaban J connectivity index is 1.61. The van der Waals surface area contributed by atoms with Crippen LogP contribution in [0.2, 0.25) is 5.02 Å². The van der Waals surface area contributed by atoms with Gasteiger partial charge in [0, 0.05) is 16.3 Å². The normalized spacial score (nSPS) is 11.8. The third-order valence-corrected chi connectivity index (χ3v) is 4.97. The van der Waals surface area contributed by atoms with Gasteiger partial charge in [-0.15, -0.1) is 11.8 Å². The van der Waals surface area contributed by atoms with Crippen LogP contribution in [0.25, 0.3) is 0 Å².